The van der Waals surface area contributed by atoms with E-state index in [1.54, 1.807) is 19.1 Å². The highest BCUT2D eigenvalue weighted by atomic mass is 16.5. The summed E-state index contributed by atoms with van der Waals surface area (Å²) < 4.78 is 4.78. The number of Topliss-reactive ketones (excluding diaryl/α,β-unsaturated/α-hetero) is 1. The van der Waals surface area contributed by atoms with Crippen LogP contribution in [0.5, 0.6) is 0 Å². The summed E-state index contributed by atoms with van der Waals surface area (Å²) in [6.45, 7) is 3.45. The Morgan fingerprint density at radius 3 is 2.38 bits per heavy atom. The molecule has 0 fully saturated rings. The zero-order valence-electron chi connectivity index (χ0n) is 9.40. The van der Waals surface area contributed by atoms with Gasteiger partial charge in [-0.15, -0.1) is 0 Å². The third-order valence-electron chi connectivity index (χ3n) is 2.01. The monoisotopic (exact) mass is 218 g/mol. The molecule has 1 aromatic rings. The molecule has 0 saturated heterocycles. The molecule has 0 aliphatic heterocycles. The Hall–Kier alpha value is -1.90. The summed E-state index contributed by atoms with van der Waals surface area (Å²) in [5.41, 5.74) is 1.10. The van der Waals surface area contributed by atoms with E-state index >= 15 is 0 Å². The van der Waals surface area contributed by atoms with Crippen LogP contribution in [0, 0.1) is 0 Å². The van der Waals surface area contributed by atoms with Crippen LogP contribution < -0.4 is 0 Å². The highest BCUT2D eigenvalue weighted by Gasteiger charge is 2.09. The van der Waals surface area contributed by atoms with Crippen LogP contribution in [0.15, 0.2) is 36.4 Å². The van der Waals surface area contributed by atoms with Crippen LogP contribution in [0.4, 0.5) is 0 Å². The van der Waals surface area contributed by atoms with Crippen molar-refractivity contribution in [1.82, 2.24) is 0 Å². The van der Waals surface area contributed by atoms with Gasteiger partial charge < -0.3 is 4.74 Å². The van der Waals surface area contributed by atoms with E-state index in [0.29, 0.717) is 12.2 Å². The number of hydrogen-bond acceptors (Lipinski definition) is 3. The van der Waals surface area contributed by atoms with Gasteiger partial charge in [-0.25, -0.2) is 4.79 Å². The van der Waals surface area contributed by atoms with E-state index in [0.717, 1.165) is 5.56 Å². The molecule has 0 radical (unpaired) electrons. The first-order valence-corrected chi connectivity index (χ1v) is 5.10. The second-order valence-electron chi connectivity index (χ2n) is 3.23. The van der Waals surface area contributed by atoms with Crippen LogP contribution >= 0.6 is 0 Å². The molecule has 0 unspecified atom stereocenters. The average molecular weight is 218 g/mol. The van der Waals surface area contributed by atoms with Crippen LogP contribution in [0.2, 0.25) is 0 Å². The second kappa shape index (κ2) is 5.85. The molecule has 0 amide bonds. The van der Waals surface area contributed by atoms with Crippen molar-refractivity contribution in [3.8, 4) is 0 Å². The average Bonchev–Trinajstić information content (AvgIpc) is 2.27. The summed E-state index contributed by atoms with van der Waals surface area (Å²) in [6.07, 6.45) is 1.24. The van der Waals surface area contributed by atoms with Crippen molar-refractivity contribution in [3.63, 3.8) is 0 Å². The maximum absolute atomic E-state index is 11.4. The minimum absolute atomic E-state index is 0.153. The maximum Gasteiger partial charge on any atom is 0.331 e. The predicted octanol–water partition coefficient (Wildman–Crippen LogP) is 2.22. The first-order chi connectivity index (χ1) is 7.65. The molecule has 0 N–H and O–H groups in total. The number of carbonyl (C=O) groups excluding carboxylic acids is 2. The number of ether oxygens (including phenoxy) is 1. The number of allylic oxidation sites excluding steroid dienone is 1. The molecule has 1 rings (SSSR count). The molecule has 0 heterocycles. The van der Waals surface area contributed by atoms with Crippen LogP contribution in [0.25, 0.3) is 5.57 Å². The van der Waals surface area contributed by atoms with Gasteiger partial charge in [-0.3, -0.25) is 4.79 Å². The minimum Gasteiger partial charge on any atom is -0.463 e. The first kappa shape index (κ1) is 12.2. The molecule has 0 bridgehead atoms. The number of carbonyl (C=O) groups is 2. The maximum atomic E-state index is 11.4. The van der Waals surface area contributed by atoms with Crippen molar-refractivity contribution in [2.45, 2.75) is 13.8 Å². The van der Waals surface area contributed by atoms with Gasteiger partial charge in [0.15, 0.2) is 5.78 Å². The molecule has 0 atom stereocenters. The molecule has 0 saturated carbocycles. The van der Waals surface area contributed by atoms with E-state index in [4.69, 9.17) is 4.74 Å². The minimum atomic E-state index is -0.489. The number of rotatable bonds is 4. The molecule has 16 heavy (non-hydrogen) atoms. The lowest BCUT2D eigenvalue weighted by Crippen LogP contribution is -2.04. The fraction of sp³-hybridized carbons (Fsp3) is 0.231. The summed E-state index contributed by atoms with van der Waals surface area (Å²) in [4.78, 5) is 22.7. The molecule has 3 heteroatoms. The SMILES string of the molecule is CCOC(=O)C=C(C(C)=O)c1ccccc1. The molecule has 0 aliphatic rings. The second-order valence-corrected chi connectivity index (χ2v) is 3.23. The third kappa shape index (κ3) is 3.35. The van der Waals surface area contributed by atoms with Crippen LogP contribution in [-0.4, -0.2) is 18.4 Å². The quantitative estimate of drug-likeness (QED) is 0.575. The van der Waals surface area contributed by atoms with Crippen molar-refractivity contribution in [2.24, 2.45) is 0 Å². The van der Waals surface area contributed by atoms with Crippen LogP contribution in [-0.2, 0) is 14.3 Å². The summed E-state index contributed by atoms with van der Waals surface area (Å²) >= 11 is 0. The van der Waals surface area contributed by atoms with E-state index in [2.05, 4.69) is 0 Å². The van der Waals surface area contributed by atoms with Crippen LogP contribution in [0.1, 0.15) is 19.4 Å². The van der Waals surface area contributed by atoms with Gasteiger partial charge in [0.05, 0.1) is 6.61 Å². The molecule has 1 aromatic carbocycles. The Balaban J connectivity index is 3.01. The summed E-state index contributed by atoms with van der Waals surface area (Å²) in [7, 11) is 0. The Morgan fingerprint density at radius 1 is 1.25 bits per heavy atom. The smallest absolute Gasteiger partial charge is 0.331 e. The van der Waals surface area contributed by atoms with Crippen molar-refractivity contribution in [1.29, 1.82) is 0 Å². The molecule has 3 nitrogen and oxygen atoms in total. The predicted molar refractivity (Wildman–Crippen MR) is 61.7 cm³/mol. The summed E-state index contributed by atoms with van der Waals surface area (Å²) in [6, 6.07) is 9.05. The fourth-order valence-electron chi connectivity index (χ4n) is 1.31. The van der Waals surface area contributed by atoms with E-state index in [1.807, 2.05) is 18.2 Å². The molecule has 0 spiro atoms. The molecule has 0 aromatic heterocycles. The van der Waals surface area contributed by atoms with Gasteiger partial charge in [0.2, 0.25) is 0 Å². The van der Waals surface area contributed by atoms with E-state index < -0.39 is 5.97 Å². The van der Waals surface area contributed by atoms with Gasteiger partial charge in [-0.2, -0.15) is 0 Å². The Labute approximate surface area is 94.7 Å². The Bertz CT molecular complexity index is 404. The van der Waals surface area contributed by atoms with E-state index in [1.165, 1.54) is 13.0 Å². The normalized spacial score (nSPS) is 11.0. The highest BCUT2D eigenvalue weighted by Crippen LogP contribution is 2.14. The lowest BCUT2D eigenvalue weighted by Gasteiger charge is -2.03. The number of esters is 1. The molecule has 84 valence electrons. The van der Waals surface area contributed by atoms with Gasteiger partial charge in [0.1, 0.15) is 0 Å². The van der Waals surface area contributed by atoms with Gasteiger partial charge in [-0.05, 0) is 19.4 Å². The van der Waals surface area contributed by atoms with Gasteiger partial charge >= 0.3 is 5.97 Å². The van der Waals surface area contributed by atoms with Crippen molar-refractivity contribution >= 4 is 17.3 Å². The number of benzene rings is 1. The van der Waals surface area contributed by atoms with Crippen molar-refractivity contribution in [2.75, 3.05) is 6.61 Å². The lowest BCUT2D eigenvalue weighted by molar-refractivity contribution is -0.137. The molecule has 0 aliphatic carbocycles. The number of hydrogen-bond donors (Lipinski definition) is 0. The topological polar surface area (TPSA) is 43.4 Å². The van der Waals surface area contributed by atoms with Gasteiger partial charge in [0, 0.05) is 11.6 Å². The van der Waals surface area contributed by atoms with Crippen molar-refractivity contribution in [3.05, 3.63) is 42.0 Å². The first-order valence-electron chi connectivity index (χ1n) is 5.10. The third-order valence-corrected chi connectivity index (χ3v) is 2.01. The van der Waals surface area contributed by atoms with E-state index in [9.17, 15) is 9.59 Å². The van der Waals surface area contributed by atoms with Crippen LogP contribution in [0.3, 0.4) is 0 Å². The van der Waals surface area contributed by atoms with E-state index in [-0.39, 0.29) is 5.78 Å². The highest BCUT2D eigenvalue weighted by molar-refractivity contribution is 6.23. The Morgan fingerprint density at radius 2 is 1.88 bits per heavy atom. The van der Waals surface area contributed by atoms with Crippen molar-refractivity contribution < 1.29 is 14.3 Å². The standard InChI is InChI=1S/C13H14O3/c1-3-16-13(15)9-12(10(2)14)11-7-5-4-6-8-11/h4-9H,3H2,1-2H3. The zero-order chi connectivity index (χ0) is 12.0. The van der Waals surface area contributed by atoms with Gasteiger partial charge in [0.25, 0.3) is 0 Å². The Kier molecular flexibility index (Phi) is 4.45. The number of ketones is 1. The lowest BCUT2D eigenvalue weighted by atomic mass is 10.0. The zero-order valence-corrected chi connectivity index (χ0v) is 9.40. The summed E-state index contributed by atoms with van der Waals surface area (Å²) in [5, 5.41) is 0. The molecular weight excluding hydrogens is 204 g/mol. The molecular formula is C13H14O3. The largest absolute Gasteiger partial charge is 0.463 e. The fourth-order valence-corrected chi connectivity index (χ4v) is 1.31. The summed E-state index contributed by atoms with van der Waals surface area (Å²) in [5.74, 6) is -0.643. The van der Waals surface area contributed by atoms with Gasteiger partial charge in [-0.1, -0.05) is 30.3 Å².